The number of carboxylic acids is 1. The molecule has 0 radical (unpaired) electrons. The molecule has 0 heterocycles. The molecule has 0 aromatic heterocycles. The van der Waals surface area contributed by atoms with Gasteiger partial charge in [-0.1, -0.05) is 6.92 Å². The Morgan fingerprint density at radius 3 is 2.54 bits per heavy atom. The Morgan fingerprint density at radius 1 is 1.31 bits per heavy atom. The van der Waals surface area contributed by atoms with Crippen molar-refractivity contribution in [3.05, 3.63) is 0 Å². The number of hydrogen-bond acceptors (Lipinski definition) is 3. The second-order valence-electron chi connectivity index (χ2n) is 2.84. The smallest absolute Gasteiger partial charge is 0.303 e. The predicted molar refractivity (Wildman–Crippen MR) is 47.6 cm³/mol. The van der Waals surface area contributed by atoms with Gasteiger partial charge >= 0.3 is 5.97 Å². The Hall–Kier alpha value is -0.900. The third-order valence-corrected chi connectivity index (χ3v) is 1.46. The molecule has 0 bridgehead atoms. The van der Waals surface area contributed by atoms with Crippen LogP contribution in [0.3, 0.4) is 0 Å². The molecule has 1 N–H and O–H groups in total. The summed E-state index contributed by atoms with van der Waals surface area (Å²) in [6, 6.07) is 0. The zero-order chi connectivity index (χ0) is 10.1. The molecule has 0 saturated carbocycles. The molecule has 0 saturated heterocycles. The second-order valence-corrected chi connectivity index (χ2v) is 2.84. The predicted octanol–water partition coefficient (Wildman–Crippen LogP) is 1.24. The van der Waals surface area contributed by atoms with E-state index in [1.165, 1.54) is 0 Å². The third-order valence-electron chi connectivity index (χ3n) is 1.46. The van der Waals surface area contributed by atoms with Crippen molar-refractivity contribution in [3.63, 3.8) is 0 Å². The number of Topliss-reactive ketones (excluding diaryl/α,β-unsaturated/α-hetero) is 1. The number of carbonyl (C=O) groups is 2. The number of ketones is 1. The van der Waals surface area contributed by atoms with Crippen LogP contribution in [0, 0.1) is 0 Å². The minimum atomic E-state index is -0.859. The average Bonchev–Trinajstić information content (AvgIpc) is 2.04. The first-order valence-corrected chi connectivity index (χ1v) is 4.48. The molecule has 0 rings (SSSR count). The van der Waals surface area contributed by atoms with Gasteiger partial charge in [-0.3, -0.25) is 9.59 Å². The van der Waals surface area contributed by atoms with E-state index in [0.717, 1.165) is 6.42 Å². The van der Waals surface area contributed by atoms with Crippen LogP contribution < -0.4 is 0 Å². The summed E-state index contributed by atoms with van der Waals surface area (Å²) in [5.41, 5.74) is 0. The highest BCUT2D eigenvalue weighted by atomic mass is 16.5. The van der Waals surface area contributed by atoms with E-state index in [-0.39, 0.29) is 18.8 Å². The molecule has 0 aromatic carbocycles. The highest BCUT2D eigenvalue weighted by Crippen LogP contribution is 1.97. The first-order valence-electron chi connectivity index (χ1n) is 4.48. The van der Waals surface area contributed by atoms with E-state index in [4.69, 9.17) is 9.84 Å². The van der Waals surface area contributed by atoms with Crippen molar-refractivity contribution in [2.24, 2.45) is 0 Å². The fraction of sp³-hybridized carbons (Fsp3) is 0.778. The van der Waals surface area contributed by atoms with Gasteiger partial charge in [-0.2, -0.15) is 0 Å². The Morgan fingerprint density at radius 2 is 2.00 bits per heavy atom. The SMILES string of the molecule is CCCOCC(=O)CCCC(=O)O. The topological polar surface area (TPSA) is 63.6 Å². The molecule has 4 heteroatoms. The summed E-state index contributed by atoms with van der Waals surface area (Å²) in [5.74, 6) is -0.878. The quantitative estimate of drug-likeness (QED) is 0.582. The summed E-state index contributed by atoms with van der Waals surface area (Å²) in [4.78, 5) is 21.1. The Balaban J connectivity index is 3.25. The standard InChI is InChI=1S/C9H16O4/c1-2-6-13-7-8(10)4-3-5-9(11)12/h2-7H2,1H3,(H,11,12). The zero-order valence-electron chi connectivity index (χ0n) is 7.91. The largest absolute Gasteiger partial charge is 0.481 e. The van der Waals surface area contributed by atoms with Gasteiger partial charge in [-0.05, 0) is 12.8 Å². The molecular weight excluding hydrogens is 172 g/mol. The first kappa shape index (κ1) is 12.1. The van der Waals surface area contributed by atoms with Crippen molar-refractivity contribution in [3.8, 4) is 0 Å². The van der Waals surface area contributed by atoms with Crippen molar-refractivity contribution in [1.82, 2.24) is 0 Å². The molecular formula is C9H16O4. The number of carbonyl (C=O) groups excluding carboxylic acids is 1. The maximum atomic E-state index is 11.0. The highest BCUT2D eigenvalue weighted by Gasteiger charge is 2.03. The Labute approximate surface area is 77.9 Å². The number of rotatable bonds is 8. The molecule has 76 valence electrons. The van der Waals surface area contributed by atoms with Crippen LogP contribution in [0.1, 0.15) is 32.6 Å². The van der Waals surface area contributed by atoms with E-state index >= 15 is 0 Å². The fourth-order valence-corrected chi connectivity index (χ4v) is 0.839. The van der Waals surface area contributed by atoms with Crippen molar-refractivity contribution in [2.75, 3.05) is 13.2 Å². The van der Waals surface area contributed by atoms with Crippen molar-refractivity contribution in [1.29, 1.82) is 0 Å². The van der Waals surface area contributed by atoms with Crippen LogP contribution in [-0.2, 0) is 14.3 Å². The van der Waals surface area contributed by atoms with Gasteiger partial charge in [0.2, 0.25) is 0 Å². The van der Waals surface area contributed by atoms with Crippen LogP contribution >= 0.6 is 0 Å². The van der Waals surface area contributed by atoms with Crippen LogP contribution in [0.15, 0.2) is 0 Å². The number of ether oxygens (including phenoxy) is 1. The monoisotopic (exact) mass is 188 g/mol. The minimum absolute atomic E-state index is 0.0188. The Kier molecular flexibility index (Phi) is 7.20. The summed E-state index contributed by atoms with van der Waals surface area (Å²) in [7, 11) is 0. The summed E-state index contributed by atoms with van der Waals surface area (Å²) in [6.45, 7) is 2.67. The summed E-state index contributed by atoms with van der Waals surface area (Å²) in [5, 5.41) is 8.30. The molecule has 0 unspecified atom stereocenters. The maximum Gasteiger partial charge on any atom is 0.303 e. The van der Waals surface area contributed by atoms with Crippen LogP contribution in [0.4, 0.5) is 0 Å². The van der Waals surface area contributed by atoms with E-state index in [0.29, 0.717) is 19.4 Å². The van der Waals surface area contributed by atoms with Gasteiger partial charge in [-0.25, -0.2) is 0 Å². The van der Waals surface area contributed by atoms with Crippen LogP contribution in [-0.4, -0.2) is 30.1 Å². The molecule has 0 atom stereocenters. The second kappa shape index (κ2) is 7.73. The molecule has 0 aromatic rings. The molecule has 0 amide bonds. The van der Waals surface area contributed by atoms with E-state index in [1.807, 2.05) is 6.92 Å². The lowest BCUT2D eigenvalue weighted by atomic mass is 10.2. The summed E-state index contributed by atoms with van der Waals surface area (Å²) >= 11 is 0. The van der Waals surface area contributed by atoms with Crippen LogP contribution in [0.25, 0.3) is 0 Å². The van der Waals surface area contributed by atoms with E-state index < -0.39 is 5.97 Å². The van der Waals surface area contributed by atoms with Gasteiger partial charge < -0.3 is 9.84 Å². The van der Waals surface area contributed by atoms with Gasteiger partial charge in [-0.15, -0.1) is 0 Å². The van der Waals surface area contributed by atoms with Gasteiger partial charge in [0, 0.05) is 19.4 Å². The van der Waals surface area contributed by atoms with Crippen molar-refractivity contribution in [2.45, 2.75) is 32.6 Å². The van der Waals surface area contributed by atoms with Gasteiger partial charge in [0.05, 0.1) is 0 Å². The normalized spacial score (nSPS) is 9.92. The van der Waals surface area contributed by atoms with Gasteiger partial charge in [0.25, 0.3) is 0 Å². The fourth-order valence-electron chi connectivity index (χ4n) is 0.839. The van der Waals surface area contributed by atoms with Gasteiger partial charge in [0.15, 0.2) is 5.78 Å². The molecule has 0 aliphatic rings. The molecule has 0 aliphatic heterocycles. The molecule has 0 aliphatic carbocycles. The van der Waals surface area contributed by atoms with Gasteiger partial charge in [0.1, 0.15) is 6.61 Å². The molecule has 0 fully saturated rings. The summed E-state index contributed by atoms with van der Waals surface area (Å²) < 4.78 is 5.01. The Bertz CT molecular complexity index is 165. The number of hydrogen-bond donors (Lipinski definition) is 1. The molecule has 13 heavy (non-hydrogen) atoms. The van der Waals surface area contributed by atoms with E-state index in [9.17, 15) is 9.59 Å². The van der Waals surface area contributed by atoms with Crippen molar-refractivity contribution >= 4 is 11.8 Å². The lowest BCUT2D eigenvalue weighted by molar-refractivity contribution is -0.137. The highest BCUT2D eigenvalue weighted by molar-refractivity contribution is 5.80. The van der Waals surface area contributed by atoms with E-state index in [1.54, 1.807) is 0 Å². The number of carboxylic acid groups (broad SMARTS) is 1. The zero-order valence-corrected chi connectivity index (χ0v) is 7.91. The molecule has 4 nitrogen and oxygen atoms in total. The lowest BCUT2D eigenvalue weighted by Gasteiger charge is -2.00. The number of aliphatic carboxylic acids is 1. The van der Waals surface area contributed by atoms with Crippen LogP contribution in [0.5, 0.6) is 0 Å². The van der Waals surface area contributed by atoms with E-state index in [2.05, 4.69) is 0 Å². The average molecular weight is 188 g/mol. The lowest BCUT2D eigenvalue weighted by Crippen LogP contribution is -2.09. The molecule has 0 spiro atoms. The third kappa shape index (κ3) is 9.01. The maximum absolute atomic E-state index is 11.0. The van der Waals surface area contributed by atoms with Crippen LogP contribution in [0.2, 0.25) is 0 Å². The summed E-state index contributed by atoms with van der Waals surface area (Å²) in [6.07, 6.45) is 1.65. The van der Waals surface area contributed by atoms with Crippen molar-refractivity contribution < 1.29 is 19.4 Å². The minimum Gasteiger partial charge on any atom is -0.481 e. The first-order chi connectivity index (χ1) is 6.16.